The van der Waals surface area contributed by atoms with E-state index in [2.05, 4.69) is 5.32 Å². The molecule has 0 radical (unpaired) electrons. The second kappa shape index (κ2) is 15.4. The van der Waals surface area contributed by atoms with Crippen LogP contribution in [0.15, 0.2) is 35.3 Å². The van der Waals surface area contributed by atoms with E-state index in [0.29, 0.717) is 30.5 Å². The quantitative estimate of drug-likeness (QED) is 0.166. The van der Waals surface area contributed by atoms with E-state index in [0.717, 1.165) is 40.3 Å². The van der Waals surface area contributed by atoms with E-state index in [-0.39, 0.29) is 35.4 Å². The van der Waals surface area contributed by atoms with Gasteiger partial charge < -0.3 is 19.9 Å². The molecule has 0 saturated heterocycles. The Kier molecular flexibility index (Phi) is 12.0. The molecule has 272 valence electrons. The van der Waals surface area contributed by atoms with Crippen LogP contribution < -0.4 is 10.9 Å². The van der Waals surface area contributed by atoms with Gasteiger partial charge in [-0.15, -0.1) is 0 Å². The molecule has 1 aliphatic carbocycles. The predicted molar refractivity (Wildman–Crippen MR) is 182 cm³/mol. The van der Waals surface area contributed by atoms with E-state index in [1.54, 1.807) is 27.9 Å². The van der Waals surface area contributed by atoms with Crippen molar-refractivity contribution in [1.29, 1.82) is 0 Å². The van der Waals surface area contributed by atoms with Crippen molar-refractivity contribution in [3.63, 3.8) is 0 Å². The summed E-state index contributed by atoms with van der Waals surface area (Å²) in [6.45, 7) is 9.04. The number of pyridine rings is 1. The first kappa shape index (κ1) is 38.7. The lowest BCUT2D eigenvalue weighted by molar-refractivity contribution is -0.139. The van der Waals surface area contributed by atoms with Gasteiger partial charge in [-0.1, -0.05) is 26.0 Å². The maximum atomic E-state index is 16.6. The minimum atomic E-state index is -4.82. The van der Waals surface area contributed by atoms with E-state index in [4.69, 9.17) is 0 Å². The molecule has 1 aliphatic rings. The number of carbonyl (C=O) groups is 2. The van der Waals surface area contributed by atoms with Crippen LogP contribution in [-0.4, -0.2) is 47.1 Å². The van der Waals surface area contributed by atoms with Gasteiger partial charge in [-0.2, -0.15) is 13.2 Å². The lowest BCUT2D eigenvalue weighted by Crippen LogP contribution is -2.41. The molecule has 4 rings (SSSR count). The Balaban J connectivity index is 1.81. The Morgan fingerprint density at radius 3 is 2.14 bits per heavy atom. The average molecular weight is 704 g/mol. The maximum absolute atomic E-state index is 16.6. The number of nitrogens with one attached hydrogen (secondary N) is 1. The van der Waals surface area contributed by atoms with E-state index >= 15 is 8.78 Å². The molecule has 0 spiro atoms. The Labute approximate surface area is 289 Å². The van der Waals surface area contributed by atoms with Crippen LogP contribution in [0, 0.1) is 38.3 Å². The molecule has 0 bridgehead atoms. The number of carboxylic acid groups (broad SMARTS) is 1. The van der Waals surface area contributed by atoms with Crippen LogP contribution >= 0.6 is 0 Å². The van der Waals surface area contributed by atoms with Gasteiger partial charge in [-0.05, 0) is 125 Å². The zero-order valence-corrected chi connectivity index (χ0v) is 29.6. The number of halogens is 5. The topological polar surface area (TPSA) is 91.6 Å². The molecular weight excluding hydrogens is 657 g/mol. The first-order valence-electron chi connectivity index (χ1n) is 16.9. The normalized spacial score (nSPS) is 14.7. The largest absolute Gasteiger partial charge is 0.481 e. The number of aliphatic carboxylic acids is 1. The molecule has 1 saturated carbocycles. The summed E-state index contributed by atoms with van der Waals surface area (Å²) in [6.07, 6.45) is -2.27. The molecule has 2 atom stereocenters. The first-order valence-corrected chi connectivity index (χ1v) is 16.9. The number of rotatable bonds is 14. The number of aromatic nitrogens is 1. The summed E-state index contributed by atoms with van der Waals surface area (Å²) < 4.78 is 75.5. The molecule has 1 unspecified atom stereocenters. The summed E-state index contributed by atoms with van der Waals surface area (Å²) in [5, 5.41) is 12.3. The third-order valence-corrected chi connectivity index (χ3v) is 9.19. The standard InChI is InChI=1S/C38H46F5N3O4/c1-20(2)13-30(46-19-25(9-8-12-45(6)7)28(17-31(46)47)38(41,42)43)37(50)44-29(18-32(48)49)34-35(39)23(5)16-27(36(34)40)33-21(3)14-26(15-22(33)4)24-10-11-24/h14-17,19-20,24,29-30H,8-13,18H2,1-7H3,(H,44,50)(H,48,49)/t29-,30?/m0/s1. The Morgan fingerprint density at radius 2 is 1.62 bits per heavy atom. The fourth-order valence-electron chi connectivity index (χ4n) is 6.70. The highest BCUT2D eigenvalue weighted by Gasteiger charge is 2.36. The van der Waals surface area contributed by atoms with Gasteiger partial charge in [-0.3, -0.25) is 14.4 Å². The SMILES string of the molecule is Cc1cc(-c2c(C)cc(C3CC3)cc2C)c(F)c([C@H](CC(=O)O)NC(=O)C(CC(C)C)n2cc(CCCN(C)C)c(C(F)(F)F)cc2=O)c1F. The summed E-state index contributed by atoms with van der Waals surface area (Å²) in [5.74, 6) is -4.27. The second-order valence-electron chi connectivity index (χ2n) is 14.3. The van der Waals surface area contributed by atoms with Crippen LogP contribution in [-0.2, 0) is 22.2 Å². The monoisotopic (exact) mass is 703 g/mol. The number of hydrogen-bond donors (Lipinski definition) is 2. The van der Waals surface area contributed by atoms with E-state index < -0.39 is 64.9 Å². The highest BCUT2D eigenvalue weighted by Crippen LogP contribution is 2.44. The molecule has 50 heavy (non-hydrogen) atoms. The first-order chi connectivity index (χ1) is 23.3. The fourth-order valence-corrected chi connectivity index (χ4v) is 6.70. The van der Waals surface area contributed by atoms with Crippen molar-refractivity contribution >= 4 is 11.9 Å². The molecule has 3 aromatic rings. The number of amides is 1. The Hall–Kier alpha value is -4.06. The van der Waals surface area contributed by atoms with Gasteiger partial charge in [-0.25, -0.2) is 8.78 Å². The Morgan fingerprint density at radius 1 is 1.00 bits per heavy atom. The zero-order valence-electron chi connectivity index (χ0n) is 29.6. The molecule has 2 N–H and O–H groups in total. The highest BCUT2D eigenvalue weighted by molar-refractivity contribution is 5.82. The maximum Gasteiger partial charge on any atom is 0.416 e. The minimum Gasteiger partial charge on any atom is -0.481 e. The number of carbonyl (C=O) groups excluding carboxylic acids is 1. The Bertz CT molecular complexity index is 1790. The van der Waals surface area contributed by atoms with E-state index in [1.165, 1.54) is 13.0 Å². The van der Waals surface area contributed by atoms with Gasteiger partial charge in [0.25, 0.3) is 5.56 Å². The second-order valence-corrected chi connectivity index (χ2v) is 14.3. The van der Waals surface area contributed by atoms with Gasteiger partial charge in [0.05, 0.1) is 18.0 Å². The summed E-state index contributed by atoms with van der Waals surface area (Å²) in [5.41, 5.74) is 0.282. The van der Waals surface area contributed by atoms with Crippen LogP contribution in [0.1, 0.15) is 103 Å². The van der Waals surface area contributed by atoms with Gasteiger partial charge in [0.2, 0.25) is 5.91 Å². The van der Waals surface area contributed by atoms with Crippen molar-refractivity contribution in [2.45, 2.75) is 97.3 Å². The molecule has 2 aromatic carbocycles. The number of carboxylic acids is 1. The zero-order chi connectivity index (χ0) is 37.2. The molecule has 1 fully saturated rings. The van der Waals surface area contributed by atoms with Crippen molar-refractivity contribution < 1.29 is 36.6 Å². The summed E-state index contributed by atoms with van der Waals surface area (Å²) >= 11 is 0. The smallest absolute Gasteiger partial charge is 0.416 e. The van der Waals surface area contributed by atoms with Crippen molar-refractivity contribution in [2.75, 3.05) is 20.6 Å². The molecule has 1 amide bonds. The summed E-state index contributed by atoms with van der Waals surface area (Å²) in [7, 11) is 3.55. The minimum absolute atomic E-state index is 0.0240. The molecule has 1 aromatic heterocycles. The van der Waals surface area contributed by atoms with E-state index in [9.17, 15) is 32.7 Å². The van der Waals surface area contributed by atoms with Crippen molar-refractivity contribution in [3.8, 4) is 11.1 Å². The van der Waals surface area contributed by atoms with Crippen LogP contribution in [0.4, 0.5) is 22.0 Å². The third kappa shape index (κ3) is 8.99. The third-order valence-electron chi connectivity index (χ3n) is 9.19. The number of aryl methyl sites for hydroxylation is 4. The van der Waals surface area contributed by atoms with Crippen LogP contribution in [0.3, 0.4) is 0 Å². The van der Waals surface area contributed by atoms with Gasteiger partial charge >= 0.3 is 12.1 Å². The van der Waals surface area contributed by atoms with Crippen LogP contribution in [0.5, 0.6) is 0 Å². The molecule has 12 heteroatoms. The predicted octanol–water partition coefficient (Wildman–Crippen LogP) is 8.03. The number of nitrogens with zero attached hydrogens (tertiary/aromatic N) is 2. The highest BCUT2D eigenvalue weighted by atomic mass is 19.4. The van der Waals surface area contributed by atoms with Gasteiger partial charge in [0, 0.05) is 23.4 Å². The van der Waals surface area contributed by atoms with Crippen molar-refractivity contribution in [2.24, 2.45) is 5.92 Å². The van der Waals surface area contributed by atoms with Gasteiger partial charge in [0.1, 0.15) is 17.7 Å². The number of benzene rings is 2. The van der Waals surface area contributed by atoms with Crippen LogP contribution in [0.2, 0.25) is 0 Å². The molecular formula is C38H46F5N3O4. The summed E-state index contributed by atoms with van der Waals surface area (Å²) in [4.78, 5) is 41.1. The van der Waals surface area contributed by atoms with Crippen molar-refractivity contribution in [3.05, 3.63) is 91.4 Å². The van der Waals surface area contributed by atoms with Crippen molar-refractivity contribution in [1.82, 2.24) is 14.8 Å². The summed E-state index contributed by atoms with van der Waals surface area (Å²) in [6, 6.07) is 2.67. The number of hydrogen-bond acceptors (Lipinski definition) is 4. The number of alkyl halides is 3. The molecule has 0 aliphatic heterocycles. The molecule has 1 heterocycles. The van der Waals surface area contributed by atoms with Crippen LogP contribution in [0.25, 0.3) is 11.1 Å². The molecule has 7 nitrogen and oxygen atoms in total. The van der Waals surface area contributed by atoms with E-state index in [1.807, 2.05) is 30.9 Å². The fraction of sp³-hybridized carbons (Fsp3) is 0.500. The average Bonchev–Trinajstić information content (AvgIpc) is 3.83. The lowest BCUT2D eigenvalue weighted by Gasteiger charge is -2.27. The van der Waals surface area contributed by atoms with Gasteiger partial charge in [0.15, 0.2) is 0 Å². The lowest BCUT2D eigenvalue weighted by atomic mass is 9.88.